The fourth-order valence-corrected chi connectivity index (χ4v) is 0.969. The Morgan fingerprint density at radius 3 is 3.00 bits per heavy atom. The zero-order valence-corrected chi connectivity index (χ0v) is 5.66. The number of halogens is 1. The van der Waals surface area contributed by atoms with Crippen molar-refractivity contribution in [3.63, 3.8) is 0 Å². The summed E-state index contributed by atoms with van der Waals surface area (Å²) in [4.78, 5) is 7.61. The highest BCUT2D eigenvalue weighted by molar-refractivity contribution is 5.77. The van der Waals surface area contributed by atoms with Crippen molar-refractivity contribution in [1.82, 2.24) is 9.97 Å². The van der Waals surface area contributed by atoms with Crippen molar-refractivity contribution in [3.05, 3.63) is 36.5 Å². The SMILES string of the molecule is Fc1cccc2ncncc12. The third kappa shape index (κ3) is 0.941. The zero-order valence-electron chi connectivity index (χ0n) is 5.66. The molecule has 0 aliphatic rings. The van der Waals surface area contributed by atoms with Crippen LogP contribution >= 0.6 is 0 Å². The van der Waals surface area contributed by atoms with Crippen molar-refractivity contribution in [1.29, 1.82) is 0 Å². The Balaban J connectivity index is 2.91. The van der Waals surface area contributed by atoms with Crippen LogP contribution in [0.15, 0.2) is 30.7 Å². The Morgan fingerprint density at radius 1 is 1.27 bits per heavy atom. The Hall–Kier alpha value is -1.51. The second-order valence-electron chi connectivity index (χ2n) is 2.20. The van der Waals surface area contributed by atoms with Crippen LogP contribution in [0.25, 0.3) is 10.9 Å². The molecule has 2 aromatic rings. The van der Waals surface area contributed by atoms with Gasteiger partial charge in [0.25, 0.3) is 0 Å². The van der Waals surface area contributed by atoms with Gasteiger partial charge in [-0.25, -0.2) is 14.4 Å². The molecule has 0 saturated heterocycles. The van der Waals surface area contributed by atoms with Gasteiger partial charge in [0, 0.05) is 6.20 Å². The first-order valence-corrected chi connectivity index (χ1v) is 3.22. The molecule has 0 bridgehead atoms. The van der Waals surface area contributed by atoms with Gasteiger partial charge in [-0.3, -0.25) is 0 Å². The van der Waals surface area contributed by atoms with E-state index in [1.54, 1.807) is 12.1 Å². The predicted octanol–water partition coefficient (Wildman–Crippen LogP) is 1.77. The van der Waals surface area contributed by atoms with Crippen LogP contribution < -0.4 is 0 Å². The molecule has 0 N–H and O–H groups in total. The van der Waals surface area contributed by atoms with Gasteiger partial charge in [0.05, 0.1) is 10.9 Å². The second kappa shape index (κ2) is 2.27. The molecule has 11 heavy (non-hydrogen) atoms. The molecule has 3 heteroatoms. The standard InChI is InChI=1S/C8H5FN2/c9-7-2-1-3-8-6(7)4-10-5-11-8/h1-5H. The number of rotatable bonds is 0. The maximum atomic E-state index is 12.9. The van der Waals surface area contributed by atoms with Gasteiger partial charge in [0.2, 0.25) is 0 Å². The number of benzene rings is 1. The molecular weight excluding hydrogens is 143 g/mol. The monoisotopic (exact) mass is 148 g/mol. The first-order valence-electron chi connectivity index (χ1n) is 3.22. The van der Waals surface area contributed by atoms with E-state index in [9.17, 15) is 4.39 Å². The van der Waals surface area contributed by atoms with Crippen LogP contribution in [0.3, 0.4) is 0 Å². The van der Waals surface area contributed by atoms with E-state index in [-0.39, 0.29) is 5.82 Å². The quantitative estimate of drug-likeness (QED) is 0.569. The summed E-state index contributed by atoms with van der Waals surface area (Å²) in [5.41, 5.74) is 0.639. The first-order chi connectivity index (χ1) is 5.38. The Labute approximate surface area is 62.7 Å². The first kappa shape index (κ1) is 6.22. The maximum absolute atomic E-state index is 12.9. The van der Waals surface area contributed by atoms with E-state index in [0.717, 1.165) is 0 Å². The summed E-state index contributed by atoms with van der Waals surface area (Å²) in [5.74, 6) is -0.275. The van der Waals surface area contributed by atoms with Crippen molar-refractivity contribution >= 4 is 10.9 Å². The smallest absolute Gasteiger partial charge is 0.134 e. The minimum Gasteiger partial charge on any atom is -0.244 e. The van der Waals surface area contributed by atoms with Gasteiger partial charge in [0.15, 0.2) is 0 Å². The highest BCUT2D eigenvalue weighted by atomic mass is 19.1. The van der Waals surface area contributed by atoms with Crippen LogP contribution in [0.2, 0.25) is 0 Å². The van der Waals surface area contributed by atoms with Crippen molar-refractivity contribution in [3.8, 4) is 0 Å². The van der Waals surface area contributed by atoms with Crippen LogP contribution in [-0.2, 0) is 0 Å². The van der Waals surface area contributed by atoms with Gasteiger partial charge in [-0.1, -0.05) is 6.07 Å². The second-order valence-corrected chi connectivity index (χ2v) is 2.20. The van der Waals surface area contributed by atoms with Gasteiger partial charge < -0.3 is 0 Å². The van der Waals surface area contributed by atoms with E-state index in [0.29, 0.717) is 10.9 Å². The molecule has 0 aliphatic heterocycles. The summed E-state index contributed by atoms with van der Waals surface area (Å²) in [5, 5.41) is 0.468. The highest BCUT2D eigenvalue weighted by Gasteiger charge is 1.97. The molecule has 2 nitrogen and oxygen atoms in total. The van der Waals surface area contributed by atoms with Gasteiger partial charge in [0.1, 0.15) is 12.1 Å². The molecule has 54 valence electrons. The summed E-state index contributed by atoms with van der Waals surface area (Å²) in [6.45, 7) is 0. The Kier molecular flexibility index (Phi) is 1.28. The van der Waals surface area contributed by atoms with Gasteiger partial charge in [-0.15, -0.1) is 0 Å². The fourth-order valence-electron chi connectivity index (χ4n) is 0.969. The minimum absolute atomic E-state index is 0.275. The average molecular weight is 148 g/mol. The molecule has 0 atom stereocenters. The molecule has 0 spiro atoms. The lowest BCUT2D eigenvalue weighted by atomic mass is 10.2. The lowest BCUT2D eigenvalue weighted by Crippen LogP contribution is -1.83. The summed E-state index contributed by atoms with van der Waals surface area (Å²) in [6, 6.07) is 4.77. The molecule has 0 aliphatic carbocycles. The van der Waals surface area contributed by atoms with Crippen molar-refractivity contribution < 1.29 is 4.39 Å². The third-order valence-electron chi connectivity index (χ3n) is 1.50. The van der Waals surface area contributed by atoms with Crippen LogP contribution in [-0.4, -0.2) is 9.97 Å². The molecule has 1 aromatic carbocycles. The Bertz CT molecular complexity index is 381. The van der Waals surface area contributed by atoms with E-state index in [1.807, 2.05) is 0 Å². The Morgan fingerprint density at radius 2 is 2.18 bits per heavy atom. The topological polar surface area (TPSA) is 25.8 Å². The number of nitrogens with zero attached hydrogens (tertiary/aromatic N) is 2. The molecule has 0 radical (unpaired) electrons. The van der Waals surface area contributed by atoms with Gasteiger partial charge in [-0.2, -0.15) is 0 Å². The predicted molar refractivity (Wildman–Crippen MR) is 39.5 cm³/mol. The van der Waals surface area contributed by atoms with E-state index in [1.165, 1.54) is 18.6 Å². The summed E-state index contributed by atoms with van der Waals surface area (Å²) < 4.78 is 12.9. The average Bonchev–Trinajstić information content (AvgIpc) is 2.06. The largest absolute Gasteiger partial charge is 0.244 e. The number of hydrogen-bond donors (Lipinski definition) is 0. The van der Waals surface area contributed by atoms with Gasteiger partial charge in [-0.05, 0) is 12.1 Å². The molecule has 1 aromatic heterocycles. The van der Waals surface area contributed by atoms with Crippen LogP contribution in [0.4, 0.5) is 4.39 Å². The van der Waals surface area contributed by atoms with E-state index >= 15 is 0 Å². The third-order valence-corrected chi connectivity index (χ3v) is 1.50. The van der Waals surface area contributed by atoms with E-state index in [2.05, 4.69) is 9.97 Å². The maximum Gasteiger partial charge on any atom is 0.134 e. The van der Waals surface area contributed by atoms with Crippen molar-refractivity contribution in [2.24, 2.45) is 0 Å². The van der Waals surface area contributed by atoms with E-state index in [4.69, 9.17) is 0 Å². The summed E-state index contributed by atoms with van der Waals surface area (Å²) >= 11 is 0. The molecule has 0 saturated carbocycles. The summed E-state index contributed by atoms with van der Waals surface area (Å²) in [7, 11) is 0. The highest BCUT2D eigenvalue weighted by Crippen LogP contribution is 2.12. The molecule has 2 rings (SSSR count). The molecule has 0 unspecified atom stereocenters. The molecule has 0 amide bonds. The normalized spacial score (nSPS) is 10.3. The summed E-state index contributed by atoms with van der Waals surface area (Å²) in [6.07, 6.45) is 2.87. The number of hydrogen-bond acceptors (Lipinski definition) is 2. The minimum atomic E-state index is -0.275. The lowest BCUT2D eigenvalue weighted by Gasteiger charge is -1.94. The van der Waals surface area contributed by atoms with Crippen molar-refractivity contribution in [2.75, 3.05) is 0 Å². The molecular formula is C8H5FN2. The van der Waals surface area contributed by atoms with Crippen LogP contribution in [0.1, 0.15) is 0 Å². The van der Waals surface area contributed by atoms with Gasteiger partial charge >= 0.3 is 0 Å². The number of fused-ring (bicyclic) bond motifs is 1. The van der Waals surface area contributed by atoms with Crippen LogP contribution in [0, 0.1) is 5.82 Å². The van der Waals surface area contributed by atoms with Crippen molar-refractivity contribution in [2.45, 2.75) is 0 Å². The van der Waals surface area contributed by atoms with Crippen LogP contribution in [0.5, 0.6) is 0 Å². The zero-order chi connectivity index (χ0) is 7.68. The number of aromatic nitrogens is 2. The van der Waals surface area contributed by atoms with E-state index < -0.39 is 0 Å². The molecule has 0 fully saturated rings. The lowest BCUT2D eigenvalue weighted by molar-refractivity contribution is 0.639. The molecule has 1 heterocycles. The fraction of sp³-hybridized carbons (Fsp3) is 0.